The van der Waals surface area contributed by atoms with E-state index >= 15 is 0 Å². The van der Waals surface area contributed by atoms with E-state index in [0.29, 0.717) is 29.3 Å². The van der Waals surface area contributed by atoms with Crippen LogP contribution in [-0.2, 0) is 14.8 Å². The van der Waals surface area contributed by atoms with E-state index in [1.807, 2.05) is 0 Å². The van der Waals surface area contributed by atoms with Crippen molar-refractivity contribution in [3.63, 3.8) is 0 Å². The predicted octanol–water partition coefficient (Wildman–Crippen LogP) is 2.86. The Kier molecular flexibility index (Phi) is 4.56. The number of carbonyl (C=O) groups excluding carboxylic acids is 1. The Balaban J connectivity index is 1.74. The van der Waals surface area contributed by atoms with Crippen molar-refractivity contribution in [2.24, 2.45) is 0 Å². The fraction of sp³-hybridized carbons (Fsp3) is 0.267. The van der Waals surface area contributed by atoms with Crippen LogP contribution in [0.4, 0.5) is 5.69 Å². The predicted molar refractivity (Wildman–Crippen MR) is 93.2 cm³/mol. The average molecular weight is 387 g/mol. The van der Waals surface area contributed by atoms with Crippen LogP contribution in [0.15, 0.2) is 39.9 Å². The van der Waals surface area contributed by atoms with Gasteiger partial charge in [-0.15, -0.1) is 11.3 Å². The molecule has 128 valence electrons. The van der Waals surface area contributed by atoms with E-state index in [-0.39, 0.29) is 4.21 Å². The standard InChI is InChI=1S/C15H15ClN2O4S2/c1-22-12-5-4-10(9-11(12)16)17-14(19)15(6-7-15)18-24(20,21)13-3-2-8-23-13/h2-5,8-9,18H,6-7H2,1H3,(H,17,19). The number of sulfonamides is 1. The first kappa shape index (κ1) is 17.2. The Bertz CT molecular complexity index is 862. The lowest BCUT2D eigenvalue weighted by molar-refractivity contribution is -0.118. The van der Waals surface area contributed by atoms with Crippen LogP contribution in [0.5, 0.6) is 5.75 Å². The summed E-state index contributed by atoms with van der Waals surface area (Å²) < 4.78 is 32.4. The van der Waals surface area contributed by atoms with Crippen LogP contribution in [0.1, 0.15) is 12.8 Å². The highest BCUT2D eigenvalue weighted by molar-refractivity contribution is 7.91. The number of nitrogens with one attached hydrogen (secondary N) is 2. The fourth-order valence-electron chi connectivity index (χ4n) is 2.22. The van der Waals surface area contributed by atoms with Crippen molar-refractivity contribution in [3.05, 3.63) is 40.7 Å². The Morgan fingerprint density at radius 1 is 1.33 bits per heavy atom. The van der Waals surface area contributed by atoms with Crippen LogP contribution < -0.4 is 14.8 Å². The molecule has 0 aliphatic heterocycles. The number of anilines is 1. The first-order valence-corrected chi connectivity index (χ1v) is 9.83. The second kappa shape index (κ2) is 6.36. The van der Waals surface area contributed by atoms with Crippen molar-refractivity contribution in [1.82, 2.24) is 4.72 Å². The van der Waals surface area contributed by atoms with Gasteiger partial charge < -0.3 is 10.1 Å². The molecule has 9 heteroatoms. The number of halogens is 1. The number of thiophene rings is 1. The van der Waals surface area contributed by atoms with E-state index < -0.39 is 21.5 Å². The van der Waals surface area contributed by atoms with E-state index in [9.17, 15) is 13.2 Å². The van der Waals surface area contributed by atoms with Crippen molar-refractivity contribution in [2.75, 3.05) is 12.4 Å². The van der Waals surface area contributed by atoms with Crippen molar-refractivity contribution < 1.29 is 17.9 Å². The molecule has 0 saturated heterocycles. The summed E-state index contributed by atoms with van der Waals surface area (Å²) in [6, 6.07) is 7.99. The number of amides is 1. The third kappa shape index (κ3) is 3.41. The highest BCUT2D eigenvalue weighted by Gasteiger charge is 2.53. The summed E-state index contributed by atoms with van der Waals surface area (Å²) in [5.74, 6) is 0.0954. The lowest BCUT2D eigenvalue weighted by Crippen LogP contribution is -2.45. The first-order valence-electron chi connectivity index (χ1n) is 7.09. The molecule has 0 radical (unpaired) electrons. The quantitative estimate of drug-likeness (QED) is 0.799. The van der Waals surface area contributed by atoms with Crippen molar-refractivity contribution >= 4 is 44.6 Å². The zero-order valence-corrected chi connectivity index (χ0v) is 15.1. The van der Waals surface area contributed by atoms with Crippen molar-refractivity contribution in [1.29, 1.82) is 0 Å². The van der Waals surface area contributed by atoms with E-state index in [0.717, 1.165) is 11.3 Å². The van der Waals surface area contributed by atoms with E-state index in [4.69, 9.17) is 16.3 Å². The van der Waals surface area contributed by atoms with Gasteiger partial charge in [0.25, 0.3) is 10.0 Å². The molecule has 1 aliphatic rings. The molecule has 1 aromatic heterocycles. The van der Waals surface area contributed by atoms with Crippen LogP contribution in [0.3, 0.4) is 0 Å². The van der Waals surface area contributed by atoms with Gasteiger partial charge in [-0.25, -0.2) is 8.42 Å². The summed E-state index contributed by atoms with van der Waals surface area (Å²) in [7, 11) is -2.21. The van der Waals surface area contributed by atoms with Crippen molar-refractivity contribution in [2.45, 2.75) is 22.6 Å². The second-order valence-electron chi connectivity index (χ2n) is 5.42. The van der Waals surface area contributed by atoms with Crippen LogP contribution in [-0.4, -0.2) is 27.0 Å². The fourth-order valence-corrected chi connectivity index (χ4v) is 4.89. The van der Waals surface area contributed by atoms with Crippen LogP contribution in [0.25, 0.3) is 0 Å². The maximum absolute atomic E-state index is 12.5. The molecular formula is C15H15ClN2O4S2. The smallest absolute Gasteiger partial charge is 0.251 e. The summed E-state index contributed by atoms with van der Waals surface area (Å²) >= 11 is 7.14. The van der Waals surface area contributed by atoms with E-state index in [1.54, 1.807) is 29.6 Å². The van der Waals surface area contributed by atoms with Gasteiger partial charge in [0.05, 0.1) is 12.1 Å². The number of ether oxygens (including phenoxy) is 1. The van der Waals surface area contributed by atoms with E-state index in [2.05, 4.69) is 10.0 Å². The van der Waals surface area contributed by atoms with Gasteiger partial charge in [-0.05, 0) is 42.5 Å². The molecule has 3 rings (SSSR count). The zero-order chi connectivity index (χ0) is 17.4. The molecule has 2 aromatic rings. The number of rotatable bonds is 6. The molecule has 0 spiro atoms. The van der Waals surface area contributed by atoms with Gasteiger partial charge in [0.1, 0.15) is 15.5 Å². The third-order valence-electron chi connectivity index (χ3n) is 3.68. The highest BCUT2D eigenvalue weighted by Crippen LogP contribution is 2.39. The first-order chi connectivity index (χ1) is 11.4. The van der Waals surface area contributed by atoms with E-state index in [1.165, 1.54) is 13.2 Å². The Labute approximate surface area is 148 Å². The second-order valence-corrected chi connectivity index (χ2v) is 8.69. The van der Waals surface area contributed by atoms with Gasteiger partial charge in [0.15, 0.2) is 0 Å². The summed E-state index contributed by atoms with van der Waals surface area (Å²) in [6.45, 7) is 0. The summed E-state index contributed by atoms with van der Waals surface area (Å²) in [5, 5.41) is 4.74. The summed E-state index contributed by atoms with van der Waals surface area (Å²) in [4.78, 5) is 12.5. The number of hydrogen-bond acceptors (Lipinski definition) is 5. The molecule has 1 heterocycles. The normalized spacial score (nSPS) is 15.8. The molecule has 1 fully saturated rings. The number of methoxy groups -OCH3 is 1. The van der Waals surface area contributed by atoms with Gasteiger partial charge in [-0.1, -0.05) is 17.7 Å². The molecule has 1 aromatic carbocycles. The van der Waals surface area contributed by atoms with Gasteiger partial charge in [0.2, 0.25) is 5.91 Å². The molecule has 24 heavy (non-hydrogen) atoms. The summed E-state index contributed by atoms with van der Waals surface area (Å²) in [6.07, 6.45) is 0.903. The molecule has 1 aliphatic carbocycles. The monoisotopic (exact) mass is 386 g/mol. The maximum Gasteiger partial charge on any atom is 0.251 e. The zero-order valence-electron chi connectivity index (χ0n) is 12.7. The minimum atomic E-state index is -3.71. The molecular weight excluding hydrogens is 372 g/mol. The molecule has 0 atom stereocenters. The largest absolute Gasteiger partial charge is 0.495 e. The SMILES string of the molecule is COc1ccc(NC(=O)C2(NS(=O)(=O)c3cccs3)CC2)cc1Cl. The minimum absolute atomic E-state index is 0.189. The Morgan fingerprint density at radius 3 is 2.62 bits per heavy atom. The number of benzene rings is 1. The topological polar surface area (TPSA) is 84.5 Å². The molecule has 1 saturated carbocycles. The van der Waals surface area contributed by atoms with Crippen LogP contribution in [0, 0.1) is 0 Å². The van der Waals surface area contributed by atoms with Crippen LogP contribution in [0.2, 0.25) is 5.02 Å². The minimum Gasteiger partial charge on any atom is -0.495 e. The Morgan fingerprint density at radius 2 is 2.08 bits per heavy atom. The third-order valence-corrected chi connectivity index (χ3v) is 6.91. The lowest BCUT2D eigenvalue weighted by atomic mass is 10.2. The lowest BCUT2D eigenvalue weighted by Gasteiger charge is -2.17. The molecule has 0 unspecified atom stereocenters. The summed E-state index contributed by atoms with van der Waals surface area (Å²) in [5.41, 5.74) is -0.623. The highest BCUT2D eigenvalue weighted by atomic mass is 35.5. The molecule has 0 bridgehead atoms. The van der Waals surface area contributed by atoms with Crippen LogP contribution >= 0.6 is 22.9 Å². The maximum atomic E-state index is 12.5. The number of hydrogen-bond donors (Lipinski definition) is 2. The van der Waals surface area contributed by atoms with Gasteiger partial charge >= 0.3 is 0 Å². The number of carbonyl (C=O) groups is 1. The Hall–Kier alpha value is -1.61. The molecule has 6 nitrogen and oxygen atoms in total. The van der Waals surface area contributed by atoms with Gasteiger partial charge in [0, 0.05) is 5.69 Å². The molecule has 1 amide bonds. The average Bonchev–Trinajstić information content (AvgIpc) is 3.09. The van der Waals surface area contributed by atoms with Gasteiger partial charge in [-0.3, -0.25) is 4.79 Å². The molecule has 2 N–H and O–H groups in total. The van der Waals surface area contributed by atoms with Gasteiger partial charge in [-0.2, -0.15) is 4.72 Å². The van der Waals surface area contributed by atoms with Crippen molar-refractivity contribution in [3.8, 4) is 5.75 Å².